The lowest BCUT2D eigenvalue weighted by atomic mass is 9.91. The second-order valence-electron chi connectivity index (χ2n) is 7.22. The van der Waals surface area contributed by atoms with Gasteiger partial charge in [0.2, 0.25) is 0 Å². The quantitative estimate of drug-likeness (QED) is 0.883. The van der Waals surface area contributed by atoms with Gasteiger partial charge in [-0.2, -0.15) is 0 Å². The minimum Gasteiger partial charge on any atom is -0.309 e. The Bertz CT molecular complexity index is 440. The van der Waals surface area contributed by atoms with Gasteiger partial charge in [-0.05, 0) is 24.5 Å². The fourth-order valence-electron chi connectivity index (χ4n) is 2.88. The van der Waals surface area contributed by atoms with E-state index in [1.165, 1.54) is 30.6 Å². The third kappa shape index (κ3) is 2.98. The number of piperazine rings is 1. The lowest BCUT2D eigenvalue weighted by Crippen LogP contribution is -2.51. The Kier molecular flexibility index (Phi) is 3.14. The minimum atomic E-state index is 0.144. The summed E-state index contributed by atoms with van der Waals surface area (Å²) in [5, 5.41) is 3.66. The zero-order valence-corrected chi connectivity index (χ0v) is 12.4. The largest absolute Gasteiger partial charge is 0.309 e. The first-order valence-electron chi connectivity index (χ1n) is 7.40. The van der Waals surface area contributed by atoms with Gasteiger partial charge in [-0.25, -0.2) is 0 Å². The van der Waals surface area contributed by atoms with Gasteiger partial charge in [-0.15, -0.1) is 0 Å². The van der Waals surface area contributed by atoms with E-state index in [-0.39, 0.29) is 5.41 Å². The summed E-state index contributed by atoms with van der Waals surface area (Å²) < 4.78 is 0. The van der Waals surface area contributed by atoms with Crippen molar-refractivity contribution in [3.05, 3.63) is 29.6 Å². The smallest absolute Gasteiger partial charge is 0.0457 e. The molecule has 104 valence electrons. The molecule has 1 saturated carbocycles. The number of pyridine rings is 1. The summed E-state index contributed by atoms with van der Waals surface area (Å²) in [6.07, 6.45) is 4.76. The second kappa shape index (κ2) is 4.57. The molecule has 0 aromatic carbocycles. The first kappa shape index (κ1) is 13.1. The molecule has 2 fully saturated rings. The molecule has 0 atom stereocenters. The van der Waals surface area contributed by atoms with Gasteiger partial charge in [0.1, 0.15) is 0 Å². The van der Waals surface area contributed by atoms with Crippen LogP contribution in [0.4, 0.5) is 0 Å². The molecular formula is C16H25N3. The molecule has 0 bridgehead atoms. The molecule has 1 aliphatic carbocycles. The van der Waals surface area contributed by atoms with E-state index in [1.54, 1.807) is 0 Å². The highest BCUT2D eigenvalue weighted by Gasteiger charge is 2.45. The average molecular weight is 259 g/mol. The van der Waals surface area contributed by atoms with Crippen LogP contribution >= 0.6 is 0 Å². The molecule has 1 aromatic heterocycles. The molecule has 1 spiro atoms. The monoisotopic (exact) mass is 259 g/mol. The Hall–Kier alpha value is -0.930. The van der Waals surface area contributed by atoms with E-state index in [1.807, 2.05) is 0 Å². The summed E-state index contributed by atoms with van der Waals surface area (Å²) in [6.45, 7) is 11.2. The van der Waals surface area contributed by atoms with Crippen LogP contribution in [0, 0.1) is 0 Å². The molecule has 1 N–H and O–H groups in total. The molecule has 3 rings (SSSR count). The zero-order valence-electron chi connectivity index (χ0n) is 12.4. The maximum absolute atomic E-state index is 4.63. The van der Waals surface area contributed by atoms with Crippen LogP contribution in [0.2, 0.25) is 0 Å². The highest BCUT2D eigenvalue weighted by atomic mass is 15.2. The first-order valence-corrected chi connectivity index (χ1v) is 7.40. The van der Waals surface area contributed by atoms with Gasteiger partial charge in [-0.3, -0.25) is 9.88 Å². The van der Waals surface area contributed by atoms with E-state index in [9.17, 15) is 0 Å². The van der Waals surface area contributed by atoms with Crippen molar-refractivity contribution < 1.29 is 0 Å². The van der Waals surface area contributed by atoms with E-state index >= 15 is 0 Å². The number of aromatic nitrogens is 1. The summed E-state index contributed by atoms with van der Waals surface area (Å²) in [7, 11) is 0. The van der Waals surface area contributed by atoms with Crippen molar-refractivity contribution in [2.45, 2.75) is 51.1 Å². The number of hydrogen-bond donors (Lipinski definition) is 1. The van der Waals surface area contributed by atoms with Gasteiger partial charge in [0.15, 0.2) is 0 Å². The van der Waals surface area contributed by atoms with Crippen LogP contribution in [0.25, 0.3) is 0 Å². The second-order valence-corrected chi connectivity index (χ2v) is 7.22. The van der Waals surface area contributed by atoms with E-state index in [2.05, 4.69) is 54.3 Å². The van der Waals surface area contributed by atoms with E-state index in [4.69, 9.17) is 0 Å². The van der Waals surface area contributed by atoms with Crippen LogP contribution < -0.4 is 5.32 Å². The highest BCUT2D eigenvalue weighted by molar-refractivity contribution is 5.19. The molecule has 2 aliphatic rings. The molecule has 1 aromatic rings. The molecule has 0 radical (unpaired) electrons. The van der Waals surface area contributed by atoms with Crippen molar-refractivity contribution in [1.29, 1.82) is 0 Å². The highest BCUT2D eigenvalue weighted by Crippen LogP contribution is 2.37. The van der Waals surface area contributed by atoms with Gasteiger partial charge in [0, 0.05) is 49.0 Å². The van der Waals surface area contributed by atoms with Crippen molar-refractivity contribution >= 4 is 0 Å². The minimum absolute atomic E-state index is 0.144. The van der Waals surface area contributed by atoms with Gasteiger partial charge in [0.05, 0.1) is 0 Å². The van der Waals surface area contributed by atoms with Gasteiger partial charge >= 0.3 is 0 Å². The lowest BCUT2D eigenvalue weighted by Gasteiger charge is -2.34. The Labute approximate surface area is 116 Å². The lowest BCUT2D eigenvalue weighted by molar-refractivity contribution is 0.182. The van der Waals surface area contributed by atoms with E-state index < -0.39 is 0 Å². The number of nitrogens with zero attached hydrogens (tertiary/aromatic N) is 2. The number of rotatable bonds is 2. The van der Waals surface area contributed by atoms with Crippen LogP contribution in [0.1, 0.15) is 44.9 Å². The Balaban J connectivity index is 1.63. The maximum Gasteiger partial charge on any atom is 0.0457 e. The number of hydrogen-bond acceptors (Lipinski definition) is 3. The van der Waals surface area contributed by atoms with Crippen molar-refractivity contribution in [2.24, 2.45) is 0 Å². The molecule has 19 heavy (non-hydrogen) atoms. The third-order valence-electron chi connectivity index (χ3n) is 4.31. The first-order chi connectivity index (χ1) is 8.97. The Morgan fingerprint density at radius 1 is 1.32 bits per heavy atom. The van der Waals surface area contributed by atoms with Crippen LogP contribution in [-0.2, 0) is 12.0 Å². The van der Waals surface area contributed by atoms with Crippen molar-refractivity contribution in [3.8, 4) is 0 Å². The van der Waals surface area contributed by atoms with Crippen molar-refractivity contribution in [3.63, 3.8) is 0 Å². The van der Waals surface area contributed by atoms with Crippen molar-refractivity contribution in [2.75, 3.05) is 19.6 Å². The fraction of sp³-hybridized carbons (Fsp3) is 0.688. The molecule has 3 heteroatoms. The maximum atomic E-state index is 4.63. The summed E-state index contributed by atoms with van der Waals surface area (Å²) in [4.78, 5) is 7.19. The zero-order chi connectivity index (χ0) is 13.5. The molecule has 0 unspecified atom stereocenters. The van der Waals surface area contributed by atoms with Crippen LogP contribution in [0.15, 0.2) is 18.3 Å². The standard InChI is InChI=1S/C16H25N3/c1-15(2,3)14-5-4-13(10-17-14)11-19-9-8-18-16(12-19)6-7-16/h4-5,10,18H,6-9,11-12H2,1-3H3. The number of nitrogens with one attached hydrogen (secondary N) is 1. The van der Waals surface area contributed by atoms with Gasteiger partial charge in [0.25, 0.3) is 0 Å². The predicted octanol–water partition coefficient (Wildman–Crippen LogP) is 2.32. The third-order valence-corrected chi connectivity index (χ3v) is 4.31. The molecule has 3 nitrogen and oxygen atoms in total. The van der Waals surface area contributed by atoms with Crippen molar-refractivity contribution in [1.82, 2.24) is 15.2 Å². The summed E-state index contributed by atoms with van der Waals surface area (Å²) >= 11 is 0. The topological polar surface area (TPSA) is 28.2 Å². The van der Waals surface area contributed by atoms with Gasteiger partial charge < -0.3 is 5.32 Å². The molecule has 1 saturated heterocycles. The van der Waals surface area contributed by atoms with Gasteiger partial charge in [-0.1, -0.05) is 26.8 Å². The Morgan fingerprint density at radius 3 is 2.68 bits per heavy atom. The molecule has 2 heterocycles. The van der Waals surface area contributed by atoms with E-state index in [0.717, 1.165) is 19.6 Å². The Morgan fingerprint density at radius 2 is 2.11 bits per heavy atom. The molecule has 0 amide bonds. The van der Waals surface area contributed by atoms with E-state index in [0.29, 0.717) is 5.54 Å². The summed E-state index contributed by atoms with van der Waals surface area (Å²) in [5.74, 6) is 0. The average Bonchev–Trinajstić information content (AvgIpc) is 3.08. The SMILES string of the molecule is CC(C)(C)c1ccc(CN2CCNC3(CC3)C2)cn1. The predicted molar refractivity (Wildman–Crippen MR) is 78.2 cm³/mol. The molecular weight excluding hydrogens is 234 g/mol. The van der Waals surface area contributed by atoms with Crippen LogP contribution in [-0.4, -0.2) is 35.1 Å². The fourth-order valence-corrected chi connectivity index (χ4v) is 2.88. The summed E-state index contributed by atoms with van der Waals surface area (Å²) in [6, 6.07) is 4.43. The normalized spacial score (nSPS) is 22.7. The van der Waals surface area contributed by atoms with Crippen LogP contribution in [0.3, 0.4) is 0 Å². The van der Waals surface area contributed by atoms with Crippen LogP contribution in [0.5, 0.6) is 0 Å². The summed E-state index contributed by atoms with van der Waals surface area (Å²) in [5.41, 5.74) is 3.13. The molecule has 1 aliphatic heterocycles.